The van der Waals surface area contributed by atoms with E-state index in [2.05, 4.69) is 10.6 Å². The second-order valence-electron chi connectivity index (χ2n) is 3.59. The lowest BCUT2D eigenvalue weighted by Crippen LogP contribution is -2.30. The van der Waals surface area contributed by atoms with Gasteiger partial charge in [0.1, 0.15) is 0 Å². The summed E-state index contributed by atoms with van der Waals surface area (Å²) in [4.78, 5) is 10.8. The Bertz CT molecular complexity index is 286. The molecule has 0 fully saturated rings. The minimum absolute atomic E-state index is 0.0470. The maximum atomic E-state index is 11.4. The Morgan fingerprint density at radius 3 is 2.33 bits per heavy atom. The number of carbonyl (C=O) groups is 1. The molecule has 90 valence electrons. The van der Waals surface area contributed by atoms with Gasteiger partial charge in [-0.2, -0.15) is 0 Å². The first-order chi connectivity index (χ1) is 6.90. The average molecular weight is 236 g/mol. The van der Waals surface area contributed by atoms with Crippen molar-refractivity contribution in [2.45, 2.75) is 25.5 Å². The largest absolute Gasteiger partial charge is 0.359 e. The fourth-order valence-corrected chi connectivity index (χ4v) is 1.80. The Balaban J connectivity index is 3.60. The van der Waals surface area contributed by atoms with Crippen LogP contribution in [0, 0.1) is 0 Å². The van der Waals surface area contributed by atoms with Gasteiger partial charge in [0.2, 0.25) is 5.91 Å². The molecule has 0 aliphatic rings. The van der Waals surface area contributed by atoms with Crippen molar-refractivity contribution in [3.63, 3.8) is 0 Å². The Labute approximate surface area is 91.5 Å². The van der Waals surface area contributed by atoms with E-state index in [0.717, 1.165) is 0 Å². The summed E-state index contributed by atoms with van der Waals surface area (Å²) in [6, 6.07) is 0. The zero-order valence-corrected chi connectivity index (χ0v) is 10.4. The number of carbonyl (C=O) groups excluding carboxylic acids is 1. The molecule has 0 unspecified atom stereocenters. The van der Waals surface area contributed by atoms with Crippen LogP contribution in [0.15, 0.2) is 0 Å². The molecule has 1 amide bonds. The first-order valence-corrected chi connectivity index (χ1v) is 6.74. The first kappa shape index (κ1) is 14.4. The number of sulfone groups is 1. The van der Waals surface area contributed by atoms with E-state index in [1.807, 2.05) is 0 Å². The Morgan fingerprint density at radius 2 is 1.87 bits per heavy atom. The molecule has 0 aliphatic carbocycles. The van der Waals surface area contributed by atoms with Crippen molar-refractivity contribution >= 4 is 15.7 Å². The normalized spacial score (nSPS) is 11.7. The van der Waals surface area contributed by atoms with Crippen molar-refractivity contribution in [1.82, 2.24) is 10.6 Å². The molecule has 0 aromatic heterocycles. The smallest absolute Gasteiger partial charge is 0.221 e. The van der Waals surface area contributed by atoms with Crippen molar-refractivity contribution in [3.8, 4) is 0 Å². The molecule has 0 radical (unpaired) electrons. The predicted octanol–water partition coefficient (Wildman–Crippen LogP) is -0.465. The van der Waals surface area contributed by atoms with Crippen molar-refractivity contribution < 1.29 is 13.2 Å². The summed E-state index contributed by atoms with van der Waals surface area (Å²) < 4.78 is 22.7. The zero-order valence-electron chi connectivity index (χ0n) is 9.54. The molecule has 0 aromatic carbocycles. The molecular formula is C9H20N2O3S. The quantitative estimate of drug-likeness (QED) is 0.586. The molecule has 0 atom stereocenters. The number of hydrogen-bond acceptors (Lipinski definition) is 4. The summed E-state index contributed by atoms with van der Waals surface area (Å²) in [6.45, 7) is 4.24. The predicted molar refractivity (Wildman–Crippen MR) is 60.5 cm³/mol. The molecule has 0 rings (SSSR count). The van der Waals surface area contributed by atoms with Gasteiger partial charge in [0, 0.05) is 26.6 Å². The van der Waals surface area contributed by atoms with Crippen LogP contribution < -0.4 is 10.6 Å². The summed E-state index contributed by atoms with van der Waals surface area (Å²) >= 11 is 0. The van der Waals surface area contributed by atoms with Crippen LogP contribution >= 0.6 is 0 Å². The Hall–Kier alpha value is -0.620. The number of hydrogen-bond donors (Lipinski definition) is 2. The highest BCUT2D eigenvalue weighted by Gasteiger charge is 2.14. The minimum atomic E-state index is -2.97. The summed E-state index contributed by atoms with van der Waals surface area (Å²) in [6.07, 6.45) is 0.373. The third-order valence-corrected chi connectivity index (χ3v) is 4.30. The highest BCUT2D eigenvalue weighted by molar-refractivity contribution is 7.92. The molecule has 0 aliphatic heterocycles. The summed E-state index contributed by atoms with van der Waals surface area (Å²) in [5, 5.41) is 5.08. The third-order valence-electron chi connectivity index (χ3n) is 2.09. The van der Waals surface area contributed by atoms with Gasteiger partial charge in [-0.15, -0.1) is 0 Å². The van der Waals surface area contributed by atoms with Crippen LogP contribution in [-0.2, 0) is 14.6 Å². The highest BCUT2D eigenvalue weighted by atomic mass is 32.2. The fourth-order valence-electron chi connectivity index (χ4n) is 0.902. The van der Waals surface area contributed by atoms with Crippen LogP contribution in [0.25, 0.3) is 0 Å². The summed E-state index contributed by atoms with van der Waals surface area (Å²) in [7, 11) is -1.39. The van der Waals surface area contributed by atoms with E-state index >= 15 is 0 Å². The van der Waals surface area contributed by atoms with E-state index in [-0.39, 0.29) is 16.9 Å². The van der Waals surface area contributed by atoms with Crippen LogP contribution in [0.5, 0.6) is 0 Å². The fraction of sp³-hybridized carbons (Fsp3) is 0.889. The Morgan fingerprint density at radius 1 is 1.27 bits per heavy atom. The maximum Gasteiger partial charge on any atom is 0.221 e. The number of rotatable bonds is 7. The molecule has 2 N–H and O–H groups in total. The third kappa shape index (κ3) is 6.46. The van der Waals surface area contributed by atoms with Crippen molar-refractivity contribution in [2.24, 2.45) is 0 Å². The minimum Gasteiger partial charge on any atom is -0.359 e. The van der Waals surface area contributed by atoms with E-state index in [1.165, 1.54) is 0 Å². The molecule has 0 aromatic rings. The van der Waals surface area contributed by atoms with E-state index < -0.39 is 9.84 Å². The second kappa shape index (κ2) is 6.79. The molecule has 5 nitrogen and oxygen atoms in total. The molecular weight excluding hydrogens is 216 g/mol. The number of amides is 1. The van der Waals surface area contributed by atoms with Crippen molar-refractivity contribution in [1.29, 1.82) is 0 Å². The van der Waals surface area contributed by atoms with Gasteiger partial charge in [0.15, 0.2) is 9.84 Å². The molecule has 0 heterocycles. The van der Waals surface area contributed by atoms with Gasteiger partial charge in [-0.1, -0.05) is 0 Å². The second-order valence-corrected chi connectivity index (χ2v) is 6.27. The van der Waals surface area contributed by atoms with Gasteiger partial charge < -0.3 is 10.6 Å². The van der Waals surface area contributed by atoms with E-state index in [9.17, 15) is 13.2 Å². The van der Waals surface area contributed by atoms with Crippen LogP contribution in [0.3, 0.4) is 0 Å². The van der Waals surface area contributed by atoms with E-state index in [1.54, 1.807) is 20.9 Å². The topological polar surface area (TPSA) is 75.3 Å². The highest BCUT2D eigenvalue weighted by Crippen LogP contribution is 1.98. The maximum absolute atomic E-state index is 11.4. The summed E-state index contributed by atoms with van der Waals surface area (Å²) in [5.41, 5.74) is 0. The van der Waals surface area contributed by atoms with Crippen LogP contribution in [0.4, 0.5) is 0 Å². The van der Waals surface area contributed by atoms with Crippen LogP contribution in [0.2, 0.25) is 0 Å². The molecule has 0 saturated heterocycles. The Kier molecular flexibility index (Phi) is 6.51. The van der Waals surface area contributed by atoms with Gasteiger partial charge in [0.05, 0.1) is 11.0 Å². The van der Waals surface area contributed by atoms with Gasteiger partial charge in [-0.05, 0) is 13.8 Å². The standard InChI is InChI=1S/C9H20N2O3S/c1-8(2)15(13,14)7-6-11-5-4-9(12)10-3/h8,11H,4-7H2,1-3H3,(H,10,12). The van der Waals surface area contributed by atoms with Gasteiger partial charge in [-0.3, -0.25) is 4.79 Å². The SMILES string of the molecule is CNC(=O)CCNCCS(=O)(=O)C(C)C. The van der Waals surface area contributed by atoms with E-state index in [0.29, 0.717) is 19.5 Å². The molecule has 0 bridgehead atoms. The monoisotopic (exact) mass is 236 g/mol. The zero-order chi connectivity index (χ0) is 11.9. The van der Waals surface area contributed by atoms with E-state index in [4.69, 9.17) is 0 Å². The van der Waals surface area contributed by atoms with Gasteiger partial charge in [0.25, 0.3) is 0 Å². The average Bonchev–Trinajstić information content (AvgIpc) is 2.16. The first-order valence-electron chi connectivity index (χ1n) is 5.03. The lowest BCUT2D eigenvalue weighted by Gasteiger charge is -2.08. The molecule has 0 saturated carbocycles. The van der Waals surface area contributed by atoms with Crippen LogP contribution in [-0.4, -0.2) is 45.5 Å². The molecule has 15 heavy (non-hydrogen) atoms. The molecule has 6 heteroatoms. The lowest BCUT2D eigenvalue weighted by atomic mass is 10.4. The summed E-state index contributed by atoms with van der Waals surface area (Å²) in [5.74, 6) is 0.0764. The lowest BCUT2D eigenvalue weighted by molar-refractivity contribution is -0.120. The van der Waals surface area contributed by atoms with Gasteiger partial charge in [-0.25, -0.2) is 8.42 Å². The van der Waals surface area contributed by atoms with Crippen LogP contribution in [0.1, 0.15) is 20.3 Å². The molecule has 0 spiro atoms. The van der Waals surface area contributed by atoms with Gasteiger partial charge >= 0.3 is 0 Å². The number of nitrogens with one attached hydrogen (secondary N) is 2. The van der Waals surface area contributed by atoms with Crippen molar-refractivity contribution in [3.05, 3.63) is 0 Å². The van der Waals surface area contributed by atoms with Crippen molar-refractivity contribution in [2.75, 3.05) is 25.9 Å².